The van der Waals surface area contributed by atoms with Crippen LogP contribution in [0.3, 0.4) is 0 Å². The van der Waals surface area contributed by atoms with Crippen molar-refractivity contribution in [1.82, 2.24) is 0 Å². The zero-order chi connectivity index (χ0) is 11.4. The molecule has 1 heterocycles. The minimum Gasteiger partial charge on any atom is -0.497 e. The quantitative estimate of drug-likeness (QED) is 0.791. The summed E-state index contributed by atoms with van der Waals surface area (Å²) in [5.74, 6) is 4.17. The van der Waals surface area contributed by atoms with Crippen LogP contribution in [0.1, 0.15) is 6.42 Å². The zero-order valence-corrected chi connectivity index (χ0v) is 10.3. The molecule has 1 saturated heterocycles. The second-order valence-electron chi connectivity index (χ2n) is 4.11. The molecule has 1 atom stereocenters. The lowest BCUT2D eigenvalue weighted by atomic mass is 10.1. The lowest BCUT2D eigenvalue weighted by Gasteiger charge is -2.12. The minimum absolute atomic E-state index is 0.739. The van der Waals surface area contributed by atoms with E-state index < -0.39 is 0 Å². The van der Waals surface area contributed by atoms with Crippen LogP contribution in [0.2, 0.25) is 0 Å². The number of rotatable bonds is 4. The minimum atomic E-state index is 0.739. The highest BCUT2D eigenvalue weighted by atomic mass is 32.2. The third-order valence-corrected chi connectivity index (χ3v) is 4.01. The molecule has 1 aliphatic rings. The average molecular weight is 238 g/mol. The maximum atomic E-state index is 5.79. The molecule has 1 unspecified atom stereocenters. The molecule has 0 radical (unpaired) electrons. The van der Waals surface area contributed by atoms with Crippen LogP contribution in [0, 0.1) is 5.92 Å². The summed E-state index contributed by atoms with van der Waals surface area (Å²) >= 11 is 2.04. The smallest absolute Gasteiger partial charge is 0.122 e. The highest BCUT2D eigenvalue weighted by Gasteiger charge is 2.14. The molecule has 0 aliphatic carbocycles. The van der Waals surface area contributed by atoms with Crippen molar-refractivity contribution in [3.05, 3.63) is 18.2 Å². The van der Waals surface area contributed by atoms with E-state index in [9.17, 15) is 0 Å². The lowest BCUT2D eigenvalue weighted by Crippen LogP contribution is -2.13. The predicted octanol–water partition coefficient (Wildman–Crippen LogP) is 2.44. The van der Waals surface area contributed by atoms with E-state index in [1.165, 1.54) is 17.9 Å². The molecule has 0 aromatic heterocycles. The Balaban J connectivity index is 1.94. The van der Waals surface area contributed by atoms with E-state index in [0.717, 1.165) is 29.6 Å². The standard InChI is InChI=1S/C12H18N2OS/c1-15-12-5-10(13)4-11(6-12)14-7-9-2-3-16-8-9/h4-6,9,14H,2-3,7-8,13H2,1H3. The summed E-state index contributed by atoms with van der Waals surface area (Å²) in [4.78, 5) is 0. The van der Waals surface area contributed by atoms with Gasteiger partial charge in [-0.15, -0.1) is 0 Å². The van der Waals surface area contributed by atoms with Crippen LogP contribution >= 0.6 is 11.8 Å². The second kappa shape index (κ2) is 5.34. The van der Waals surface area contributed by atoms with Crippen molar-refractivity contribution in [1.29, 1.82) is 0 Å². The number of nitrogen functional groups attached to an aromatic ring is 1. The van der Waals surface area contributed by atoms with Crippen LogP contribution in [-0.2, 0) is 0 Å². The number of methoxy groups -OCH3 is 1. The van der Waals surface area contributed by atoms with Crippen LogP contribution in [0.4, 0.5) is 11.4 Å². The Labute approximate surface area is 101 Å². The lowest BCUT2D eigenvalue weighted by molar-refractivity contribution is 0.415. The largest absolute Gasteiger partial charge is 0.497 e. The Bertz CT molecular complexity index is 351. The molecular formula is C12H18N2OS. The van der Waals surface area contributed by atoms with Gasteiger partial charge in [-0.05, 0) is 29.9 Å². The Morgan fingerprint density at radius 3 is 3.06 bits per heavy atom. The maximum absolute atomic E-state index is 5.79. The number of ether oxygens (including phenoxy) is 1. The van der Waals surface area contributed by atoms with Crippen molar-refractivity contribution in [3.8, 4) is 5.75 Å². The van der Waals surface area contributed by atoms with E-state index in [0.29, 0.717) is 0 Å². The van der Waals surface area contributed by atoms with Crippen molar-refractivity contribution in [2.24, 2.45) is 5.92 Å². The topological polar surface area (TPSA) is 47.3 Å². The van der Waals surface area contributed by atoms with Gasteiger partial charge in [-0.1, -0.05) is 0 Å². The average Bonchev–Trinajstić information content (AvgIpc) is 2.78. The fourth-order valence-electron chi connectivity index (χ4n) is 1.85. The van der Waals surface area contributed by atoms with Gasteiger partial charge in [0, 0.05) is 30.1 Å². The summed E-state index contributed by atoms with van der Waals surface area (Å²) < 4.78 is 5.18. The predicted molar refractivity (Wildman–Crippen MR) is 71.3 cm³/mol. The van der Waals surface area contributed by atoms with E-state index >= 15 is 0 Å². The van der Waals surface area contributed by atoms with Crippen LogP contribution < -0.4 is 15.8 Å². The molecule has 88 valence electrons. The first-order valence-electron chi connectivity index (χ1n) is 5.54. The van der Waals surface area contributed by atoms with Crippen molar-refractivity contribution < 1.29 is 4.74 Å². The number of nitrogens with one attached hydrogen (secondary N) is 1. The van der Waals surface area contributed by atoms with Crippen molar-refractivity contribution in [2.45, 2.75) is 6.42 Å². The summed E-state index contributed by atoms with van der Waals surface area (Å²) in [6.07, 6.45) is 1.32. The van der Waals surface area contributed by atoms with E-state index in [1.807, 2.05) is 30.0 Å². The van der Waals surface area contributed by atoms with E-state index in [4.69, 9.17) is 10.5 Å². The molecular weight excluding hydrogens is 220 g/mol. The first-order chi connectivity index (χ1) is 7.78. The molecule has 0 spiro atoms. The van der Waals surface area contributed by atoms with Gasteiger partial charge in [-0.3, -0.25) is 0 Å². The van der Waals surface area contributed by atoms with Gasteiger partial charge < -0.3 is 15.8 Å². The summed E-state index contributed by atoms with van der Waals surface area (Å²) in [5, 5.41) is 3.43. The number of hydrogen-bond acceptors (Lipinski definition) is 4. The van der Waals surface area contributed by atoms with Crippen molar-refractivity contribution in [3.63, 3.8) is 0 Å². The molecule has 1 fully saturated rings. The molecule has 4 heteroatoms. The summed E-state index contributed by atoms with van der Waals surface area (Å²) in [5.41, 5.74) is 7.58. The van der Waals surface area contributed by atoms with Crippen LogP contribution in [0.25, 0.3) is 0 Å². The number of thioether (sulfide) groups is 1. The normalized spacial score (nSPS) is 19.7. The highest BCUT2D eigenvalue weighted by molar-refractivity contribution is 7.99. The molecule has 0 saturated carbocycles. The number of benzene rings is 1. The first kappa shape index (κ1) is 11.5. The molecule has 1 aromatic carbocycles. The third kappa shape index (κ3) is 2.98. The van der Waals surface area contributed by atoms with Gasteiger partial charge in [0.05, 0.1) is 7.11 Å². The molecule has 3 nitrogen and oxygen atoms in total. The molecule has 0 amide bonds. The van der Waals surface area contributed by atoms with Crippen LogP contribution in [0.15, 0.2) is 18.2 Å². The second-order valence-corrected chi connectivity index (χ2v) is 5.26. The molecule has 1 aromatic rings. The van der Waals surface area contributed by atoms with Gasteiger partial charge in [0.15, 0.2) is 0 Å². The summed E-state index contributed by atoms with van der Waals surface area (Å²) in [6.45, 7) is 1.03. The SMILES string of the molecule is COc1cc(N)cc(NCC2CCSC2)c1. The zero-order valence-electron chi connectivity index (χ0n) is 9.53. The van der Waals surface area contributed by atoms with Gasteiger partial charge in [0.2, 0.25) is 0 Å². The molecule has 0 bridgehead atoms. The van der Waals surface area contributed by atoms with Crippen molar-refractivity contribution in [2.75, 3.05) is 36.2 Å². The Hall–Kier alpha value is -1.03. The van der Waals surface area contributed by atoms with E-state index in [2.05, 4.69) is 5.32 Å². The Morgan fingerprint density at radius 1 is 1.50 bits per heavy atom. The van der Waals surface area contributed by atoms with Crippen molar-refractivity contribution >= 4 is 23.1 Å². The third-order valence-electron chi connectivity index (χ3n) is 2.78. The van der Waals surface area contributed by atoms with E-state index in [-0.39, 0.29) is 0 Å². The Morgan fingerprint density at radius 2 is 2.38 bits per heavy atom. The molecule has 16 heavy (non-hydrogen) atoms. The summed E-state index contributed by atoms with van der Waals surface area (Å²) in [7, 11) is 1.66. The van der Waals surface area contributed by atoms with Gasteiger partial charge >= 0.3 is 0 Å². The van der Waals surface area contributed by atoms with Gasteiger partial charge in [0.25, 0.3) is 0 Å². The molecule has 1 aliphatic heterocycles. The van der Waals surface area contributed by atoms with Gasteiger partial charge in [0.1, 0.15) is 5.75 Å². The first-order valence-corrected chi connectivity index (χ1v) is 6.69. The van der Waals surface area contributed by atoms with Crippen LogP contribution in [-0.4, -0.2) is 25.2 Å². The number of anilines is 2. The summed E-state index contributed by atoms with van der Waals surface area (Å²) in [6, 6.07) is 5.76. The number of hydrogen-bond donors (Lipinski definition) is 2. The van der Waals surface area contributed by atoms with E-state index in [1.54, 1.807) is 7.11 Å². The Kier molecular flexibility index (Phi) is 3.83. The molecule has 3 N–H and O–H groups in total. The van der Waals surface area contributed by atoms with Gasteiger partial charge in [-0.2, -0.15) is 11.8 Å². The number of nitrogens with two attached hydrogens (primary N) is 1. The van der Waals surface area contributed by atoms with Crippen LogP contribution in [0.5, 0.6) is 5.75 Å². The monoisotopic (exact) mass is 238 g/mol. The molecule has 2 rings (SSSR count). The fourth-order valence-corrected chi connectivity index (χ4v) is 3.13. The highest BCUT2D eigenvalue weighted by Crippen LogP contribution is 2.26. The maximum Gasteiger partial charge on any atom is 0.122 e. The van der Waals surface area contributed by atoms with Gasteiger partial charge in [-0.25, -0.2) is 0 Å². The fraction of sp³-hybridized carbons (Fsp3) is 0.500.